The number of hydrogen-bond donors (Lipinski definition) is 0. The topological polar surface area (TPSA) is 30.0 Å². The number of carbonyl (C=O) groups excluding carboxylic acids is 1. The lowest BCUT2D eigenvalue weighted by atomic mass is 9.87. The molecule has 2 heteroatoms. The molecule has 2 aromatic carbocycles. The number of aromatic nitrogens is 1. The predicted octanol–water partition coefficient (Wildman–Crippen LogP) is 4.61. The zero-order chi connectivity index (χ0) is 14.7. The Labute approximate surface area is 124 Å². The first kappa shape index (κ1) is 13.5. The van der Waals surface area contributed by atoms with E-state index in [2.05, 4.69) is 11.9 Å². The van der Waals surface area contributed by atoms with Gasteiger partial charge in [-0.05, 0) is 24.1 Å². The Morgan fingerprint density at radius 1 is 1.00 bits per heavy atom. The van der Waals surface area contributed by atoms with Crippen LogP contribution in [-0.2, 0) is 0 Å². The lowest BCUT2D eigenvalue weighted by Gasteiger charge is -2.15. The van der Waals surface area contributed by atoms with Crippen molar-refractivity contribution in [3.8, 4) is 0 Å². The summed E-state index contributed by atoms with van der Waals surface area (Å²) in [4.78, 5) is 17.3. The second-order valence-corrected chi connectivity index (χ2v) is 5.11. The van der Waals surface area contributed by atoms with Crippen LogP contribution in [0.1, 0.15) is 35.2 Å². The summed E-state index contributed by atoms with van der Waals surface area (Å²) in [6, 6.07) is 19.6. The highest BCUT2D eigenvalue weighted by molar-refractivity contribution is 6.10. The number of pyridine rings is 1. The van der Waals surface area contributed by atoms with E-state index in [-0.39, 0.29) is 11.7 Å². The third-order valence-corrected chi connectivity index (χ3v) is 3.84. The van der Waals surface area contributed by atoms with E-state index in [9.17, 15) is 4.79 Å². The quantitative estimate of drug-likeness (QED) is 0.651. The minimum Gasteiger partial charge on any atom is -0.293 e. The van der Waals surface area contributed by atoms with Gasteiger partial charge in [0.1, 0.15) is 0 Å². The fourth-order valence-corrected chi connectivity index (χ4v) is 2.76. The van der Waals surface area contributed by atoms with Crippen molar-refractivity contribution in [2.45, 2.75) is 19.3 Å². The van der Waals surface area contributed by atoms with Gasteiger partial charge in [-0.25, -0.2) is 0 Å². The van der Waals surface area contributed by atoms with Gasteiger partial charge in [0.2, 0.25) is 0 Å². The van der Waals surface area contributed by atoms with Gasteiger partial charge in [-0.15, -0.1) is 0 Å². The van der Waals surface area contributed by atoms with Gasteiger partial charge in [0.05, 0.1) is 5.52 Å². The molecule has 0 radical (unpaired) electrons. The summed E-state index contributed by atoms with van der Waals surface area (Å²) >= 11 is 0. The van der Waals surface area contributed by atoms with Crippen LogP contribution in [0.2, 0.25) is 0 Å². The average molecular weight is 275 g/mol. The van der Waals surface area contributed by atoms with E-state index in [1.807, 2.05) is 60.7 Å². The van der Waals surface area contributed by atoms with E-state index >= 15 is 0 Å². The fraction of sp³-hybridized carbons (Fsp3) is 0.158. The molecule has 0 saturated carbocycles. The van der Waals surface area contributed by atoms with Crippen molar-refractivity contribution in [1.29, 1.82) is 0 Å². The lowest BCUT2D eigenvalue weighted by molar-refractivity contribution is 0.0959. The molecular formula is C19H17NO. The van der Waals surface area contributed by atoms with Crippen LogP contribution < -0.4 is 0 Å². The van der Waals surface area contributed by atoms with Crippen LogP contribution in [0.5, 0.6) is 0 Å². The number of benzene rings is 2. The summed E-state index contributed by atoms with van der Waals surface area (Å²) < 4.78 is 0. The second-order valence-electron chi connectivity index (χ2n) is 5.11. The second kappa shape index (κ2) is 5.88. The zero-order valence-electron chi connectivity index (χ0n) is 12.0. The maximum Gasteiger partial charge on any atom is 0.170 e. The highest BCUT2D eigenvalue weighted by Crippen LogP contribution is 2.27. The average Bonchev–Trinajstić information content (AvgIpc) is 2.56. The molecule has 0 aliphatic heterocycles. The molecule has 0 spiro atoms. The van der Waals surface area contributed by atoms with Crippen LogP contribution in [0.25, 0.3) is 10.9 Å². The minimum absolute atomic E-state index is 0.1000. The highest BCUT2D eigenvalue weighted by Gasteiger charge is 2.21. The number of carbonyl (C=O) groups is 1. The van der Waals surface area contributed by atoms with Gasteiger partial charge in [0.25, 0.3) is 0 Å². The highest BCUT2D eigenvalue weighted by atomic mass is 16.1. The molecule has 0 aliphatic carbocycles. The van der Waals surface area contributed by atoms with Gasteiger partial charge < -0.3 is 0 Å². The van der Waals surface area contributed by atoms with Crippen molar-refractivity contribution in [3.05, 3.63) is 78.0 Å². The summed E-state index contributed by atoms with van der Waals surface area (Å²) in [6.07, 6.45) is 2.55. The smallest absolute Gasteiger partial charge is 0.170 e. The summed E-state index contributed by atoms with van der Waals surface area (Å²) in [5.74, 6) is 0.0688. The van der Waals surface area contributed by atoms with E-state index in [1.54, 1.807) is 6.20 Å². The van der Waals surface area contributed by atoms with Crippen molar-refractivity contribution in [2.75, 3.05) is 0 Å². The van der Waals surface area contributed by atoms with Crippen molar-refractivity contribution < 1.29 is 4.79 Å². The van der Waals surface area contributed by atoms with Crippen LogP contribution in [-0.4, -0.2) is 10.8 Å². The van der Waals surface area contributed by atoms with E-state index in [0.717, 1.165) is 28.5 Å². The maximum atomic E-state index is 13.0. The number of fused-ring (bicyclic) bond motifs is 1. The number of Topliss-reactive ketones (excluding diaryl/α,β-unsaturated/α-hetero) is 1. The molecule has 1 unspecified atom stereocenters. The molecule has 1 heterocycles. The van der Waals surface area contributed by atoms with Gasteiger partial charge in [-0.2, -0.15) is 0 Å². The molecule has 104 valence electrons. The molecule has 0 aliphatic rings. The van der Waals surface area contributed by atoms with Gasteiger partial charge in [0.15, 0.2) is 5.78 Å². The number of nitrogens with zero attached hydrogens (tertiary/aromatic N) is 1. The maximum absolute atomic E-state index is 13.0. The van der Waals surface area contributed by atoms with Gasteiger partial charge in [-0.3, -0.25) is 9.78 Å². The van der Waals surface area contributed by atoms with Gasteiger partial charge in [0, 0.05) is 23.1 Å². The summed E-state index contributed by atoms with van der Waals surface area (Å²) in [7, 11) is 0. The largest absolute Gasteiger partial charge is 0.293 e. The molecule has 2 nitrogen and oxygen atoms in total. The first-order valence-electron chi connectivity index (χ1n) is 7.24. The zero-order valence-corrected chi connectivity index (χ0v) is 12.0. The molecule has 21 heavy (non-hydrogen) atoms. The van der Waals surface area contributed by atoms with Crippen LogP contribution in [0.15, 0.2) is 66.9 Å². The van der Waals surface area contributed by atoms with Crippen molar-refractivity contribution in [3.63, 3.8) is 0 Å². The van der Waals surface area contributed by atoms with E-state index < -0.39 is 0 Å². The summed E-state index contributed by atoms with van der Waals surface area (Å²) in [6.45, 7) is 2.05. The minimum atomic E-state index is -0.1000. The van der Waals surface area contributed by atoms with Gasteiger partial charge in [-0.1, -0.05) is 55.5 Å². The Balaban J connectivity index is 2.07. The van der Waals surface area contributed by atoms with Crippen molar-refractivity contribution in [1.82, 2.24) is 4.98 Å². The predicted molar refractivity (Wildman–Crippen MR) is 85.5 cm³/mol. The van der Waals surface area contributed by atoms with Crippen LogP contribution >= 0.6 is 0 Å². The molecule has 1 aromatic heterocycles. The van der Waals surface area contributed by atoms with Crippen molar-refractivity contribution in [2.24, 2.45) is 0 Å². The molecule has 0 saturated heterocycles. The third-order valence-electron chi connectivity index (χ3n) is 3.84. The first-order valence-corrected chi connectivity index (χ1v) is 7.24. The van der Waals surface area contributed by atoms with E-state index in [0.29, 0.717) is 0 Å². The molecule has 0 fully saturated rings. The summed E-state index contributed by atoms with van der Waals surface area (Å²) in [5, 5.41) is 0.930. The summed E-state index contributed by atoms with van der Waals surface area (Å²) in [5.41, 5.74) is 2.70. The van der Waals surface area contributed by atoms with Crippen LogP contribution in [0, 0.1) is 0 Å². The number of rotatable bonds is 4. The Kier molecular flexibility index (Phi) is 3.78. The van der Waals surface area contributed by atoms with Crippen LogP contribution in [0.3, 0.4) is 0 Å². The monoisotopic (exact) mass is 275 g/mol. The lowest BCUT2D eigenvalue weighted by Crippen LogP contribution is -2.12. The van der Waals surface area contributed by atoms with Crippen LogP contribution in [0.4, 0.5) is 0 Å². The standard InChI is InChI=1S/C19H17NO/c1-2-15(14-8-4-3-5-9-14)19(21)17-10-6-12-18-16(17)11-7-13-20-18/h3-13,15H,2H2,1H3. The van der Waals surface area contributed by atoms with E-state index in [1.165, 1.54) is 0 Å². The number of hydrogen-bond acceptors (Lipinski definition) is 2. The van der Waals surface area contributed by atoms with E-state index in [4.69, 9.17) is 0 Å². The molecule has 0 bridgehead atoms. The molecule has 0 amide bonds. The molecular weight excluding hydrogens is 258 g/mol. The van der Waals surface area contributed by atoms with Gasteiger partial charge >= 0.3 is 0 Å². The van der Waals surface area contributed by atoms with Crippen molar-refractivity contribution >= 4 is 16.7 Å². The SMILES string of the molecule is CCC(C(=O)c1cccc2ncccc12)c1ccccc1. The fourth-order valence-electron chi connectivity index (χ4n) is 2.76. The molecule has 1 atom stereocenters. The normalized spacial score (nSPS) is 12.2. The molecule has 3 rings (SSSR count). The number of ketones is 1. The third kappa shape index (κ3) is 2.57. The Morgan fingerprint density at radius 2 is 1.81 bits per heavy atom. The first-order chi connectivity index (χ1) is 10.3. The molecule has 3 aromatic rings. The Bertz CT molecular complexity index is 759. The molecule has 0 N–H and O–H groups in total. The Morgan fingerprint density at radius 3 is 2.57 bits per heavy atom. The Hall–Kier alpha value is -2.48.